The molecule has 0 atom stereocenters. The van der Waals surface area contributed by atoms with E-state index in [0.29, 0.717) is 6.54 Å². The monoisotopic (exact) mass is 338 g/mol. The molecule has 0 bridgehead atoms. The van der Waals surface area contributed by atoms with Gasteiger partial charge >= 0.3 is 0 Å². The number of halogens is 1. The molecule has 0 saturated carbocycles. The number of likely N-dealkylation sites (N-methyl/N-ethyl adjacent to an activating group) is 1. The summed E-state index contributed by atoms with van der Waals surface area (Å²) in [5.74, 6) is -0.273. The van der Waals surface area contributed by atoms with Gasteiger partial charge in [-0.2, -0.15) is 0 Å². The van der Waals surface area contributed by atoms with Gasteiger partial charge in [-0.3, -0.25) is 4.79 Å². The summed E-state index contributed by atoms with van der Waals surface area (Å²) in [6.45, 7) is 8.55. The number of aromatic amines is 1. The van der Waals surface area contributed by atoms with Crippen molar-refractivity contribution in [2.24, 2.45) is 0 Å². The highest BCUT2D eigenvalue weighted by Gasteiger charge is 2.19. The second-order valence-electron chi connectivity index (χ2n) is 6.52. The Kier molecular flexibility index (Phi) is 4.62. The van der Waals surface area contributed by atoms with Crippen LogP contribution in [0.1, 0.15) is 29.3 Å². The summed E-state index contributed by atoms with van der Waals surface area (Å²) in [4.78, 5) is 18.0. The fourth-order valence-corrected chi connectivity index (χ4v) is 3.42. The standard InChI is InChI=1S/C21H23FN2O/c1-5-24(20-9-6-13(2)10-14(20)3)21(25)12-17-15(4)23-19-8-7-16(22)11-18(17)19/h6-11,23H,5,12H2,1-4H3. The molecule has 1 amide bonds. The number of amides is 1. The molecular formula is C21H23FN2O. The van der Waals surface area contributed by atoms with Gasteiger partial charge in [0.15, 0.2) is 0 Å². The quantitative estimate of drug-likeness (QED) is 0.727. The number of benzene rings is 2. The Bertz CT molecular complexity index is 942. The van der Waals surface area contributed by atoms with Crippen molar-refractivity contribution in [2.45, 2.75) is 34.1 Å². The van der Waals surface area contributed by atoms with Crippen molar-refractivity contribution in [2.75, 3.05) is 11.4 Å². The van der Waals surface area contributed by atoms with E-state index in [-0.39, 0.29) is 18.1 Å². The lowest BCUT2D eigenvalue weighted by atomic mass is 10.1. The van der Waals surface area contributed by atoms with Crippen LogP contribution in [-0.4, -0.2) is 17.4 Å². The number of nitrogens with zero attached hydrogens (tertiary/aromatic N) is 1. The summed E-state index contributed by atoms with van der Waals surface area (Å²) in [6.07, 6.45) is 0.246. The molecule has 0 aliphatic heterocycles. The van der Waals surface area contributed by atoms with Crippen molar-refractivity contribution in [3.8, 4) is 0 Å². The van der Waals surface area contributed by atoms with Crippen molar-refractivity contribution in [3.63, 3.8) is 0 Å². The summed E-state index contributed by atoms with van der Waals surface area (Å²) < 4.78 is 13.6. The van der Waals surface area contributed by atoms with Gasteiger partial charge in [0, 0.05) is 28.8 Å². The number of fused-ring (bicyclic) bond motifs is 1. The van der Waals surface area contributed by atoms with Crippen LogP contribution in [0.2, 0.25) is 0 Å². The van der Waals surface area contributed by atoms with Crippen LogP contribution < -0.4 is 4.90 Å². The fourth-order valence-electron chi connectivity index (χ4n) is 3.42. The molecule has 2 aromatic carbocycles. The highest BCUT2D eigenvalue weighted by atomic mass is 19.1. The topological polar surface area (TPSA) is 36.1 Å². The average Bonchev–Trinajstić information content (AvgIpc) is 2.85. The van der Waals surface area contributed by atoms with Gasteiger partial charge < -0.3 is 9.88 Å². The lowest BCUT2D eigenvalue weighted by Crippen LogP contribution is -2.32. The summed E-state index contributed by atoms with van der Waals surface area (Å²) in [7, 11) is 0. The lowest BCUT2D eigenvalue weighted by Gasteiger charge is -2.23. The van der Waals surface area contributed by atoms with E-state index in [9.17, 15) is 9.18 Å². The van der Waals surface area contributed by atoms with E-state index < -0.39 is 0 Å². The Morgan fingerprint density at radius 3 is 2.56 bits per heavy atom. The van der Waals surface area contributed by atoms with E-state index >= 15 is 0 Å². The number of aromatic nitrogens is 1. The van der Waals surface area contributed by atoms with Gasteiger partial charge in [-0.25, -0.2) is 4.39 Å². The van der Waals surface area contributed by atoms with E-state index in [0.717, 1.165) is 33.4 Å². The summed E-state index contributed by atoms with van der Waals surface area (Å²) in [5.41, 5.74) is 5.82. The Morgan fingerprint density at radius 1 is 1.12 bits per heavy atom. The molecule has 1 aromatic heterocycles. The number of carbonyl (C=O) groups excluding carboxylic acids is 1. The van der Waals surface area contributed by atoms with Crippen LogP contribution in [0.3, 0.4) is 0 Å². The Balaban J connectivity index is 1.95. The van der Waals surface area contributed by atoms with Gasteiger partial charge in [0.05, 0.1) is 6.42 Å². The molecule has 0 aliphatic carbocycles. The zero-order chi connectivity index (χ0) is 18.1. The number of H-pyrrole nitrogens is 1. The Labute approximate surface area is 147 Å². The molecule has 4 heteroatoms. The molecule has 3 nitrogen and oxygen atoms in total. The van der Waals surface area contributed by atoms with Crippen LogP contribution in [0.5, 0.6) is 0 Å². The highest BCUT2D eigenvalue weighted by molar-refractivity contribution is 5.98. The molecule has 0 spiro atoms. The number of rotatable bonds is 4. The maximum atomic E-state index is 13.6. The molecule has 25 heavy (non-hydrogen) atoms. The van der Waals surface area contributed by atoms with E-state index in [1.165, 1.54) is 17.7 Å². The SMILES string of the molecule is CCN(C(=O)Cc1c(C)[nH]c2ccc(F)cc12)c1ccc(C)cc1C. The van der Waals surface area contributed by atoms with Crippen LogP contribution >= 0.6 is 0 Å². The van der Waals surface area contributed by atoms with Gasteiger partial charge in [-0.1, -0.05) is 17.7 Å². The molecule has 1 N–H and O–H groups in total. The maximum Gasteiger partial charge on any atom is 0.231 e. The minimum Gasteiger partial charge on any atom is -0.358 e. The molecule has 3 aromatic rings. The first kappa shape index (κ1) is 17.2. The number of nitrogens with one attached hydrogen (secondary N) is 1. The van der Waals surface area contributed by atoms with Gasteiger partial charge in [0.1, 0.15) is 5.82 Å². The highest BCUT2D eigenvalue weighted by Crippen LogP contribution is 2.26. The predicted molar refractivity (Wildman–Crippen MR) is 101 cm³/mol. The Morgan fingerprint density at radius 2 is 1.88 bits per heavy atom. The molecule has 0 saturated heterocycles. The average molecular weight is 338 g/mol. The summed E-state index contributed by atoms with van der Waals surface area (Å²) in [5, 5.41) is 0.780. The van der Waals surface area contributed by atoms with Crippen LogP contribution in [0, 0.1) is 26.6 Å². The number of anilines is 1. The molecule has 0 unspecified atom stereocenters. The van der Waals surface area contributed by atoms with Crippen molar-refractivity contribution in [1.29, 1.82) is 0 Å². The van der Waals surface area contributed by atoms with Crippen LogP contribution in [0.15, 0.2) is 36.4 Å². The summed E-state index contributed by atoms with van der Waals surface area (Å²) in [6, 6.07) is 10.7. The Hall–Kier alpha value is -2.62. The van der Waals surface area contributed by atoms with Crippen LogP contribution in [0.25, 0.3) is 10.9 Å². The van der Waals surface area contributed by atoms with Crippen molar-refractivity contribution in [3.05, 3.63) is 64.6 Å². The number of carbonyl (C=O) groups is 1. The zero-order valence-electron chi connectivity index (χ0n) is 15.1. The predicted octanol–water partition coefficient (Wildman–Crippen LogP) is 4.83. The molecule has 0 aliphatic rings. The van der Waals surface area contributed by atoms with E-state index in [1.54, 1.807) is 11.0 Å². The van der Waals surface area contributed by atoms with Gasteiger partial charge in [0.2, 0.25) is 5.91 Å². The van der Waals surface area contributed by atoms with Crippen molar-refractivity contribution in [1.82, 2.24) is 4.98 Å². The second-order valence-corrected chi connectivity index (χ2v) is 6.52. The molecule has 130 valence electrons. The third kappa shape index (κ3) is 3.29. The first-order valence-corrected chi connectivity index (χ1v) is 8.55. The second kappa shape index (κ2) is 6.71. The lowest BCUT2D eigenvalue weighted by molar-refractivity contribution is -0.117. The first-order chi connectivity index (χ1) is 11.9. The fraction of sp³-hybridized carbons (Fsp3) is 0.286. The third-order valence-electron chi connectivity index (χ3n) is 4.67. The van der Waals surface area contributed by atoms with E-state index in [2.05, 4.69) is 11.1 Å². The molecular weight excluding hydrogens is 315 g/mol. The molecule has 0 fully saturated rings. The zero-order valence-corrected chi connectivity index (χ0v) is 15.1. The normalized spacial score (nSPS) is 11.1. The van der Waals surface area contributed by atoms with Crippen LogP contribution in [-0.2, 0) is 11.2 Å². The molecule has 3 rings (SSSR count). The number of hydrogen-bond donors (Lipinski definition) is 1. The smallest absolute Gasteiger partial charge is 0.231 e. The summed E-state index contributed by atoms with van der Waals surface area (Å²) >= 11 is 0. The van der Waals surface area contributed by atoms with Gasteiger partial charge in [-0.05, 0) is 63.1 Å². The minimum absolute atomic E-state index is 0.0164. The number of aryl methyl sites for hydroxylation is 3. The van der Waals surface area contributed by atoms with Gasteiger partial charge in [-0.15, -0.1) is 0 Å². The molecule has 0 radical (unpaired) electrons. The van der Waals surface area contributed by atoms with E-state index in [1.807, 2.05) is 39.8 Å². The van der Waals surface area contributed by atoms with E-state index in [4.69, 9.17) is 0 Å². The first-order valence-electron chi connectivity index (χ1n) is 8.55. The van der Waals surface area contributed by atoms with Crippen molar-refractivity contribution < 1.29 is 9.18 Å². The molecule has 1 heterocycles. The minimum atomic E-state index is -0.290. The van der Waals surface area contributed by atoms with Crippen molar-refractivity contribution >= 4 is 22.5 Å². The number of hydrogen-bond acceptors (Lipinski definition) is 1. The van der Waals surface area contributed by atoms with Crippen LogP contribution in [0.4, 0.5) is 10.1 Å². The largest absolute Gasteiger partial charge is 0.358 e. The van der Waals surface area contributed by atoms with Gasteiger partial charge in [0.25, 0.3) is 0 Å². The maximum absolute atomic E-state index is 13.6. The third-order valence-corrected chi connectivity index (χ3v) is 4.67.